The molecule has 1 unspecified atom stereocenters. The van der Waals surface area contributed by atoms with E-state index >= 15 is 0 Å². The molecule has 3 fully saturated rings. The third kappa shape index (κ3) is 3.41. The van der Waals surface area contributed by atoms with Crippen LogP contribution in [0.4, 0.5) is 0 Å². The molecular formula is C22H29N2O3+. The molecule has 5 atom stereocenters. The summed E-state index contributed by atoms with van der Waals surface area (Å²) in [5.74, 6) is 2.12. The number of fused-ring (bicyclic) bond motifs is 4. The van der Waals surface area contributed by atoms with Crippen LogP contribution in [0, 0.1) is 11.8 Å². The molecule has 5 rings (SSSR count). The van der Waals surface area contributed by atoms with Crippen LogP contribution in [0.25, 0.3) is 10.9 Å². The second kappa shape index (κ2) is 7.47. The molecule has 0 spiro atoms. The first kappa shape index (κ1) is 18.2. The molecule has 27 heavy (non-hydrogen) atoms. The van der Waals surface area contributed by atoms with Crippen LogP contribution >= 0.6 is 0 Å². The van der Waals surface area contributed by atoms with E-state index in [0.29, 0.717) is 6.04 Å². The van der Waals surface area contributed by atoms with Crippen LogP contribution in [0.5, 0.6) is 5.75 Å². The van der Waals surface area contributed by atoms with E-state index in [2.05, 4.69) is 11.9 Å². The summed E-state index contributed by atoms with van der Waals surface area (Å²) < 4.78 is 11.4. The number of hydrogen-bond acceptors (Lipinski definition) is 4. The molecule has 144 valence electrons. The lowest BCUT2D eigenvalue weighted by atomic mass is 9.72. The number of pyridine rings is 1. The topological polar surface area (TPSA) is 52.9 Å². The first-order valence-corrected chi connectivity index (χ1v) is 10.0. The van der Waals surface area contributed by atoms with Crippen molar-refractivity contribution in [3.8, 4) is 5.75 Å². The van der Waals surface area contributed by atoms with Crippen molar-refractivity contribution in [1.29, 1.82) is 0 Å². The molecule has 1 N–H and O–H groups in total. The third-order valence-corrected chi connectivity index (χ3v) is 6.58. The Hall–Kier alpha value is -2.14. The number of aromatic nitrogens is 1. The van der Waals surface area contributed by atoms with E-state index < -0.39 is 0 Å². The highest BCUT2D eigenvalue weighted by Gasteiger charge is 2.47. The largest absolute Gasteiger partial charge is 0.497 e. The highest BCUT2D eigenvalue weighted by atomic mass is 16.5. The molecule has 0 amide bonds. The van der Waals surface area contributed by atoms with E-state index in [1.807, 2.05) is 30.5 Å². The summed E-state index contributed by atoms with van der Waals surface area (Å²) in [5.41, 5.74) is 1.95. The Morgan fingerprint density at radius 2 is 2.22 bits per heavy atom. The Kier molecular flexibility index (Phi) is 5.04. The summed E-state index contributed by atoms with van der Waals surface area (Å²) in [7, 11) is 1.67. The zero-order valence-electron chi connectivity index (χ0n) is 16.4. The zero-order valence-corrected chi connectivity index (χ0v) is 16.4. The summed E-state index contributed by atoms with van der Waals surface area (Å²) >= 11 is 0. The van der Waals surface area contributed by atoms with Crippen LogP contribution in [0.2, 0.25) is 0 Å². The predicted molar refractivity (Wildman–Crippen MR) is 104 cm³/mol. The Bertz CT molecular complexity index is 837. The number of rotatable bonds is 5. The maximum absolute atomic E-state index is 12.0. The van der Waals surface area contributed by atoms with Gasteiger partial charge in [0.1, 0.15) is 11.8 Å². The summed E-state index contributed by atoms with van der Waals surface area (Å²) in [5, 5.41) is 1.01. The van der Waals surface area contributed by atoms with Crippen molar-refractivity contribution >= 4 is 16.9 Å². The highest BCUT2D eigenvalue weighted by molar-refractivity contribution is 5.84. The van der Waals surface area contributed by atoms with Gasteiger partial charge in [0, 0.05) is 42.8 Å². The number of ether oxygens (including phenoxy) is 2. The van der Waals surface area contributed by atoms with E-state index in [0.717, 1.165) is 40.5 Å². The molecule has 3 saturated heterocycles. The number of esters is 1. The van der Waals surface area contributed by atoms with Crippen LogP contribution in [0.1, 0.15) is 44.8 Å². The monoisotopic (exact) mass is 369 g/mol. The Labute approximate surface area is 160 Å². The van der Waals surface area contributed by atoms with E-state index in [1.54, 1.807) is 12.0 Å². The van der Waals surface area contributed by atoms with Gasteiger partial charge in [-0.1, -0.05) is 6.92 Å². The van der Waals surface area contributed by atoms with Crippen LogP contribution in [-0.2, 0) is 9.53 Å². The molecule has 0 radical (unpaired) electrons. The van der Waals surface area contributed by atoms with Crippen molar-refractivity contribution in [3.63, 3.8) is 0 Å². The molecule has 1 aromatic carbocycles. The lowest BCUT2D eigenvalue weighted by Gasteiger charge is -2.48. The van der Waals surface area contributed by atoms with E-state index in [-0.39, 0.29) is 12.1 Å². The first-order valence-electron chi connectivity index (χ1n) is 10.0. The molecule has 2 aromatic rings. The Morgan fingerprint density at radius 3 is 2.89 bits per heavy atom. The second-order valence-electron chi connectivity index (χ2n) is 7.98. The van der Waals surface area contributed by atoms with Crippen LogP contribution in [0.15, 0.2) is 30.5 Å². The molecule has 0 saturated carbocycles. The summed E-state index contributed by atoms with van der Waals surface area (Å²) in [6.45, 7) is 6.18. The Morgan fingerprint density at radius 1 is 1.37 bits per heavy atom. The highest BCUT2D eigenvalue weighted by Crippen LogP contribution is 2.37. The van der Waals surface area contributed by atoms with Crippen molar-refractivity contribution in [3.05, 3.63) is 36.0 Å². The van der Waals surface area contributed by atoms with Crippen LogP contribution in [-0.4, -0.2) is 37.2 Å². The van der Waals surface area contributed by atoms with Gasteiger partial charge in [0.15, 0.2) is 6.10 Å². The maximum atomic E-state index is 12.0. The summed E-state index contributed by atoms with van der Waals surface area (Å²) in [4.78, 5) is 18.1. The fraction of sp³-hybridized carbons (Fsp3) is 0.545. The molecule has 5 nitrogen and oxygen atoms in total. The first-order chi connectivity index (χ1) is 13.1. The molecule has 3 aliphatic heterocycles. The van der Waals surface area contributed by atoms with Gasteiger partial charge in [-0.15, -0.1) is 0 Å². The van der Waals surface area contributed by atoms with Gasteiger partial charge in [-0.3, -0.25) is 9.78 Å². The van der Waals surface area contributed by atoms with Gasteiger partial charge < -0.3 is 14.4 Å². The van der Waals surface area contributed by atoms with Crippen LogP contribution in [0.3, 0.4) is 0 Å². The SMILES string of the molecule is CC[C@H]1C[NH+]2CC[C@H]1C[C@@H]2[C@@H](OC(C)=O)c1ccnc2ccc(OC)cc12. The molecule has 2 bridgehead atoms. The lowest BCUT2D eigenvalue weighted by Crippen LogP contribution is -3.20. The Balaban J connectivity index is 1.75. The fourth-order valence-corrected chi connectivity index (χ4v) is 5.23. The molecule has 4 heterocycles. The fourth-order valence-electron chi connectivity index (χ4n) is 5.23. The predicted octanol–water partition coefficient (Wildman–Crippen LogP) is 2.55. The standard InChI is InChI=1S/C22H28N2O3/c1-4-15-13-24-10-8-16(15)11-21(24)22(27-14(2)25)18-7-9-23-20-6-5-17(26-3)12-19(18)20/h5-7,9,12,15-16,21-22H,4,8,10-11,13H2,1-3H3/p+1/t15-,16-,21+,22-/m0/s1. The number of nitrogens with zero attached hydrogens (tertiary/aromatic N) is 1. The summed E-state index contributed by atoms with van der Waals surface area (Å²) in [6.07, 6.45) is 5.24. The number of benzene rings is 1. The van der Waals surface area contributed by atoms with Gasteiger partial charge in [0.25, 0.3) is 0 Å². The van der Waals surface area contributed by atoms with Gasteiger partial charge in [0.05, 0.1) is 25.7 Å². The lowest BCUT2D eigenvalue weighted by molar-refractivity contribution is -0.950. The van der Waals surface area contributed by atoms with Crippen molar-refractivity contribution < 1.29 is 19.2 Å². The third-order valence-electron chi connectivity index (χ3n) is 6.58. The minimum atomic E-state index is -0.240. The van der Waals surface area contributed by atoms with Gasteiger partial charge in [0.2, 0.25) is 0 Å². The number of carbonyl (C=O) groups is 1. The number of piperidine rings is 3. The van der Waals surface area contributed by atoms with Crippen molar-refractivity contribution in [2.24, 2.45) is 11.8 Å². The number of hydrogen-bond donors (Lipinski definition) is 1. The smallest absolute Gasteiger partial charge is 0.303 e. The second-order valence-corrected chi connectivity index (χ2v) is 7.98. The molecule has 1 aromatic heterocycles. The minimum absolute atomic E-state index is 0.220. The summed E-state index contributed by atoms with van der Waals surface area (Å²) in [6, 6.07) is 8.22. The minimum Gasteiger partial charge on any atom is -0.497 e. The van der Waals surface area contributed by atoms with Gasteiger partial charge in [-0.25, -0.2) is 0 Å². The molecule has 5 heteroatoms. The van der Waals surface area contributed by atoms with E-state index in [9.17, 15) is 4.79 Å². The van der Waals surface area contributed by atoms with Gasteiger partial charge >= 0.3 is 5.97 Å². The van der Waals surface area contributed by atoms with Gasteiger partial charge in [-0.2, -0.15) is 0 Å². The van der Waals surface area contributed by atoms with Crippen LogP contribution < -0.4 is 9.64 Å². The van der Waals surface area contributed by atoms with Crippen molar-refractivity contribution in [2.45, 2.75) is 45.3 Å². The van der Waals surface area contributed by atoms with Gasteiger partial charge in [-0.05, 0) is 36.6 Å². The van der Waals surface area contributed by atoms with E-state index in [4.69, 9.17) is 9.47 Å². The average molecular weight is 369 g/mol. The zero-order chi connectivity index (χ0) is 19.0. The quantitative estimate of drug-likeness (QED) is 0.823. The van der Waals surface area contributed by atoms with Crippen molar-refractivity contribution in [2.75, 3.05) is 20.2 Å². The molecule has 0 aliphatic carbocycles. The maximum Gasteiger partial charge on any atom is 0.303 e. The van der Waals surface area contributed by atoms with E-state index in [1.165, 1.54) is 32.9 Å². The molecular weight excluding hydrogens is 340 g/mol. The number of methoxy groups -OCH3 is 1. The molecule has 3 aliphatic rings. The normalized spacial score (nSPS) is 28.1. The van der Waals surface area contributed by atoms with Crippen molar-refractivity contribution in [1.82, 2.24) is 4.98 Å². The number of carbonyl (C=O) groups excluding carboxylic acids is 1. The number of nitrogens with one attached hydrogen (secondary N) is 1. The number of quaternary nitrogens is 1. The average Bonchev–Trinajstić information content (AvgIpc) is 2.71.